The van der Waals surface area contributed by atoms with Crippen LogP contribution in [0.4, 0.5) is 10.1 Å². The van der Waals surface area contributed by atoms with Gasteiger partial charge >= 0.3 is 0 Å². The number of hydrogen-bond acceptors (Lipinski definition) is 3. The molecule has 2 aromatic carbocycles. The highest BCUT2D eigenvalue weighted by molar-refractivity contribution is 6.10. The minimum Gasteiger partial charge on any atom is -0.326 e. The molecule has 0 radical (unpaired) electrons. The lowest BCUT2D eigenvalue weighted by atomic mass is 9.98. The third-order valence-corrected chi connectivity index (χ3v) is 4.16. The summed E-state index contributed by atoms with van der Waals surface area (Å²) in [6.07, 6.45) is 0.136. The van der Waals surface area contributed by atoms with Crippen LogP contribution in [0.1, 0.15) is 27.9 Å². The largest absolute Gasteiger partial charge is 0.326 e. The van der Waals surface area contributed by atoms with Gasteiger partial charge in [-0.25, -0.2) is 4.39 Å². The second-order valence-electron chi connectivity index (χ2n) is 5.94. The van der Waals surface area contributed by atoms with Crippen molar-refractivity contribution in [2.24, 2.45) is 0 Å². The van der Waals surface area contributed by atoms with Crippen LogP contribution in [-0.2, 0) is 16.0 Å². The minimum absolute atomic E-state index is 0.0120. The molecule has 1 aliphatic heterocycles. The van der Waals surface area contributed by atoms with E-state index in [9.17, 15) is 18.8 Å². The minimum atomic E-state index is -0.377. The summed E-state index contributed by atoms with van der Waals surface area (Å²) >= 11 is 0. The summed E-state index contributed by atoms with van der Waals surface area (Å²) in [6, 6.07) is 11.0. The third kappa shape index (κ3) is 3.57. The number of carbonyl (C=O) groups excluding carboxylic acids is 3. The Morgan fingerprint density at radius 2 is 1.96 bits per heavy atom. The summed E-state index contributed by atoms with van der Waals surface area (Å²) < 4.78 is 13.1. The van der Waals surface area contributed by atoms with Gasteiger partial charge in [-0.1, -0.05) is 18.2 Å². The van der Waals surface area contributed by atoms with Gasteiger partial charge in [0.2, 0.25) is 11.8 Å². The lowest BCUT2D eigenvalue weighted by molar-refractivity contribution is -0.128. The van der Waals surface area contributed by atoms with Crippen molar-refractivity contribution in [2.75, 3.05) is 11.9 Å². The Morgan fingerprint density at radius 1 is 1.20 bits per heavy atom. The smallest absolute Gasteiger partial charge is 0.260 e. The maximum atomic E-state index is 13.1. The molecule has 0 unspecified atom stereocenters. The highest BCUT2D eigenvalue weighted by Gasteiger charge is 2.30. The van der Waals surface area contributed by atoms with Crippen LogP contribution in [0.3, 0.4) is 0 Å². The number of imide groups is 1. The van der Waals surface area contributed by atoms with Crippen LogP contribution >= 0.6 is 0 Å². The highest BCUT2D eigenvalue weighted by atomic mass is 19.1. The summed E-state index contributed by atoms with van der Waals surface area (Å²) in [4.78, 5) is 37.8. The number of rotatable bonds is 4. The van der Waals surface area contributed by atoms with E-state index in [1.165, 1.54) is 18.2 Å². The van der Waals surface area contributed by atoms with Gasteiger partial charge in [-0.3, -0.25) is 19.3 Å². The standard InChI is InChI=1S/C19H17FN2O3/c1-12-10-14(20)6-7-16(12)21-17(23)8-9-22-18(24)11-13-4-2-3-5-15(13)19(22)25/h2-7,10H,8-9,11H2,1H3,(H,21,23). The first-order valence-corrected chi connectivity index (χ1v) is 7.94. The SMILES string of the molecule is Cc1cc(F)ccc1NC(=O)CCN1C(=O)Cc2ccccc2C1=O. The van der Waals surface area contributed by atoms with Crippen molar-refractivity contribution in [3.63, 3.8) is 0 Å². The zero-order chi connectivity index (χ0) is 18.0. The molecule has 3 rings (SSSR count). The summed E-state index contributed by atoms with van der Waals surface area (Å²) in [7, 11) is 0. The molecule has 2 aromatic rings. The van der Waals surface area contributed by atoms with Crippen molar-refractivity contribution >= 4 is 23.4 Å². The van der Waals surface area contributed by atoms with Gasteiger partial charge < -0.3 is 5.32 Å². The first-order valence-electron chi connectivity index (χ1n) is 7.94. The van der Waals surface area contributed by atoms with Gasteiger partial charge in [-0.15, -0.1) is 0 Å². The number of anilines is 1. The van der Waals surface area contributed by atoms with E-state index in [1.54, 1.807) is 31.2 Å². The molecular weight excluding hydrogens is 323 g/mol. The molecule has 0 fully saturated rings. The zero-order valence-corrected chi connectivity index (χ0v) is 13.7. The molecule has 0 bridgehead atoms. The number of nitrogens with zero attached hydrogens (tertiary/aromatic N) is 1. The Labute approximate surface area is 144 Å². The maximum absolute atomic E-state index is 13.1. The van der Waals surface area contributed by atoms with E-state index in [4.69, 9.17) is 0 Å². The van der Waals surface area contributed by atoms with Crippen molar-refractivity contribution in [1.29, 1.82) is 0 Å². The number of fused-ring (bicyclic) bond motifs is 1. The predicted octanol–water partition coefficient (Wildman–Crippen LogP) is 2.69. The third-order valence-electron chi connectivity index (χ3n) is 4.16. The van der Waals surface area contributed by atoms with E-state index >= 15 is 0 Å². The maximum Gasteiger partial charge on any atom is 0.260 e. The molecule has 6 heteroatoms. The van der Waals surface area contributed by atoms with Crippen molar-refractivity contribution in [2.45, 2.75) is 19.8 Å². The summed E-state index contributed by atoms with van der Waals surface area (Å²) in [5.41, 5.74) is 2.32. The molecule has 0 aromatic heterocycles. The van der Waals surface area contributed by atoms with Crippen molar-refractivity contribution in [3.05, 3.63) is 65.0 Å². The van der Waals surface area contributed by atoms with Crippen LogP contribution in [0.2, 0.25) is 0 Å². The molecule has 0 atom stereocenters. The zero-order valence-electron chi connectivity index (χ0n) is 13.7. The Morgan fingerprint density at radius 3 is 2.72 bits per heavy atom. The number of halogens is 1. The molecular formula is C19H17FN2O3. The van der Waals surface area contributed by atoms with Crippen LogP contribution in [0, 0.1) is 12.7 Å². The number of carbonyl (C=O) groups is 3. The second-order valence-corrected chi connectivity index (χ2v) is 5.94. The number of benzene rings is 2. The monoisotopic (exact) mass is 340 g/mol. The van der Waals surface area contributed by atoms with Crippen LogP contribution in [0.15, 0.2) is 42.5 Å². The average molecular weight is 340 g/mol. The molecule has 0 aliphatic carbocycles. The van der Waals surface area contributed by atoms with Crippen molar-refractivity contribution in [1.82, 2.24) is 4.90 Å². The van der Waals surface area contributed by atoms with Gasteiger partial charge in [0.05, 0.1) is 6.42 Å². The fourth-order valence-corrected chi connectivity index (χ4v) is 2.82. The van der Waals surface area contributed by atoms with E-state index in [2.05, 4.69) is 5.32 Å². The first kappa shape index (κ1) is 16.8. The average Bonchev–Trinajstić information content (AvgIpc) is 2.57. The van der Waals surface area contributed by atoms with Gasteiger partial charge in [0.15, 0.2) is 0 Å². The highest BCUT2D eigenvalue weighted by Crippen LogP contribution is 2.20. The van der Waals surface area contributed by atoms with Gasteiger partial charge in [0, 0.05) is 24.2 Å². The lowest BCUT2D eigenvalue weighted by Gasteiger charge is -2.26. The van der Waals surface area contributed by atoms with E-state index in [0.29, 0.717) is 22.4 Å². The fourth-order valence-electron chi connectivity index (χ4n) is 2.82. The first-order chi connectivity index (χ1) is 12.0. The summed E-state index contributed by atoms with van der Waals surface area (Å²) in [5, 5.41) is 2.67. The second kappa shape index (κ2) is 6.84. The van der Waals surface area contributed by atoms with E-state index in [-0.39, 0.29) is 42.9 Å². The van der Waals surface area contributed by atoms with Crippen molar-refractivity contribution in [3.8, 4) is 0 Å². The molecule has 25 heavy (non-hydrogen) atoms. The van der Waals surface area contributed by atoms with Crippen LogP contribution in [-0.4, -0.2) is 29.2 Å². The van der Waals surface area contributed by atoms with Crippen LogP contribution in [0.25, 0.3) is 0 Å². The lowest BCUT2D eigenvalue weighted by Crippen LogP contribution is -2.43. The molecule has 128 valence electrons. The molecule has 0 saturated carbocycles. The predicted molar refractivity (Wildman–Crippen MR) is 90.6 cm³/mol. The number of nitrogens with one attached hydrogen (secondary N) is 1. The van der Waals surface area contributed by atoms with E-state index in [1.807, 2.05) is 0 Å². The van der Waals surface area contributed by atoms with E-state index in [0.717, 1.165) is 4.90 Å². The molecule has 0 saturated heterocycles. The molecule has 5 nitrogen and oxygen atoms in total. The van der Waals surface area contributed by atoms with Gasteiger partial charge in [-0.2, -0.15) is 0 Å². The molecule has 1 N–H and O–H groups in total. The van der Waals surface area contributed by atoms with Crippen LogP contribution in [0.5, 0.6) is 0 Å². The number of aryl methyl sites for hydroxylation is 1. The molecule has 1 heterocycles. The number of hydrogen-bond donors (Lipinski definition) is 1. The van der Waals surface area contributed by atoms with Gasteiger partial charge in [-0.05, 0) is 42.3 Å². The number of amides is 3. The van der Waals surface area contributed by atoms with Gasteiger partial charge in [0.25, 0.3) is 5.91 Å². The molecule has 3 amide bonds. The molecule has 1 aliphatic rings. The normalized spacial score (nSPS) is 13.6. The summed E-state index contributed by atoms with van der Waals surface area (Å²) in [6.45, 7) is 1.70. The Bertz CT molecular complexity index is 863. The summed E-state index contributed by atoms with van der Waals surface area (Å²) in [5.74, 6) is -1.40. The van der Waals surface area contributed by atoms with Crippen LogP contribution < -0.4 is 5.32 Å². The Hall–Kier alpha value is -3.02. The Balaban J connectivity index is 1.64. The van der Waals surface area contributed by atoms with E-state index < -0.39 is 0 Å². The molecule has 0 spiro atoms. The topological polar surface area (TPSA) is 66.5 Å². The van der Waals surface area contributed by atoms with Crippen molar-refractivity contribution < 1.29 is 18.8 Å². The quantitative estimate of drug-likeness (QED) is 0.870. The van der Waals surface area contributed by atoms with Gasteiger partial charge in [0.1, 0.15) is 5.82 Å². The fraction of sp³-hybridized carbons (Fsp3) is 0.211. The Kier molecular flexibility index (Phi) is 4.61.